The maximum absolute atomic E-state index is 13.3. The molecule has 1 saturated heterocycles. The molecule has 5 atom stereocenters. The van der Waals surface area contributed by atoms with Gasteiger partial charge in [-0.25, -0.2) is 15.0 Å². The predicted molar refractivity (Wildman–Crippen MR) is 349 cm³/mol. The van der Waals surface area contributed by atoms with E-state index >= 15 is 0 Å². The van der Waals surface area contributed by atoms with Gasteiger partial charge in [0.1, 0.15) is 27.8 Å². The van der Waals surface area contributed by atoms with E-state index in [0.29, 0.717) is 95.7 Å². The molecule has 0 saturated carbocycles. The number of nitrogens with one attached hydrogen (secondary N) is 2. The van der Waals surface area contributed by atoms with E-state index in [1.54, 1.807) is 55.6 Å². The van der Waals surface area contributed by atoms with Gasteiger partial charge in [-0.15, -0.1) is 0 Å². The van der Waals surface area contributed by atoms with Crippen LogP contribution in [0.4, 0.5) is 0 Å². The molecular formula is C62H72N9O16P3S2. The minimum atomic E-state index is -5.08. The Labute approximate surface area is 535 Å². The van der Waals surface area contributed by atoms with Crippen LogP contribution >= 0.6 is 22.1 Å². The van der Waals surface area contributed by atoms with E-state index in [9.17, 15) is 63.9 Å². The standard InChI is InChI=1S/C62H72N9O16P3S2/c1-44-7-9-45(10-8-44)11-14-48-33-51(66-58(36-48)88(3,74)75)41-69-26-28-70(42-52-34-49(37-59(67-52)89(4,76)77)15-12-46-17-21-54(86-2)22-18-46)30-31-71(29-27-69)43-53-35-50(38-60(68-53)90(5,78)79)16-13-47-19-23-55(24-20-47)87-32-6-25-64-62(73)57(92(83,84)85)40-65-61(72)56(39-63)91(80,81)82/h7-10,17-24,33-38,56-57H,6,25-32,39-43,63H2,1-5H3,(H,64,73)(H,65,72)(H,74,75)(H,76,77)(H,78,79)(H,80,81,82)(H,83,84,85). The molecule has 6 aromatic rings. The first-order valence-electron chi connectivity index (χ1n) is 28.6. The number of methoxy groups -OCH3 is 1. The average Bonchev–Trinajstić information content (AvgIpc) is 1.02. The third-order valence-electron chi connectivity index (χ3n) is 14.1. The van der Waals surface area contributed by atoms with Crippen molar-refractivity contribution in [1.29, 1.82) is 0 Å². The van der Waals surface area contributed by atoms with Crippen LogP contribution < -0.4 is 42.1 Å². The molecule has 30 heteroatoms. The summed E-state index contributed by atoms with van der Waals surface area (Å²) >= 11 is 0. The van der Waals surface area contributed by atoms with Crippen molar-refractivity contribution in [3.63, 3.8) is 0 Å². The SMILES string of the molecule is COc1ccc(C#Cc2cc(CN3CCN(Cc4cc(C#Cc5ccc(C)cc5)cc(P(C)(=O)O)n4)CCN(Cc4cc(C#Cc5ccc(OCCCNC(=O)C(CNC(=O)C(CN)S(=O)(=O)O)S(=O)(=O)O)cc5)cc(P(C)(=O)O)n4)CC3)nc(P(C)(=O)O)c2)cc1. The van der Waals surface area contributed by atoms with Crippen molar-refractivity contribution in [2.24, 2.45) is 5.73 Å². The number of carbonyl (C=O) groups excluding carboxylic acids is 2. The summed E-state index contributed by atoms with van der Waals surface area (Å²) in [5.74, 6) is 17.2. The molecule has 4 heterocycles. The summed E-state index contributed by atoms with van der Waals surface area (Å²) in [4.78, 5) is 77.9. The zero-order chi connectivity index (χ0) is 67.0. The molecule has 3 aromatic carbocycles. The van der Waals surface area contributed by atoms with Crippen LogP contribution in [0.5, 0.6) is 11.5 Å². The molecule has 5 unspecified atom stereocenters. The number of carbonyl (C=O) groups is 2. The lowest BCUT2D eigenvalue weighted by molar-refractivity contribution is -0.121. The van der Waals surface area contributed by atoms with Gasteiger partial charge in [0.25, 0.3) is 20.2 Å². The summed E-state index contributed by atoms with van der Waals surface area (Å²) in [6.45, 7) is 7.28. The Hall–Kier alpha value is -7.44. The lowest BCUT2D eigenvalue weighted by atomic mass is 10.1. The van der Waals surface area contributed by atoms with Gasteiger partial charge in [-0.05, 0) is 110 Å². The maximum Gasteiger partial charge on any atom is 0.278 e. The van der Waals surface area contributed by atoms with Crippen molar-refractivity contribution in [3.8, 4) is 47.0 Å². The molecule has 9 N–H and O–H groups in total. The first-order valence-corrected chi connectivity index (χ1v) is 37.9. The van der Waals surface area contributed by atoms with Crippen LogP contribution in [0.15, 0.2) is 109 Å². The zero-order valence-corrected chi connectivity index (χ0v) is 55.4. The van der Waals surface area contributed by atoms with Gasteiger partial charge >= 0.3 is 0 Å². The third kappa shape index (κ3) is 22.7. The van der Waals surface area contributed by atoms with Crippen molar-refractivity contribution >= 4 is 70.5 Å². The molecular weight excluding hydrogens is 1280 g/mol. The zero-order valence-electron chi connectivity index (χ0n) is 51.1. The minimum absolute atomic E-state index is 0.00447. The van der Waals surface area contributed by atoms with E-state index in [0.717, 1.165) is 11.1 Å². The van der Waals surface area contributed by atoms with Gasteiger partial charge in [-0.2, -0.15) is 16.8 Å². The van der Waals surface area contributed by atoms with Gasteiger partial charge < -0.3 is 40.5 Å². The molecule has 92 heavy (non-hydrogen) atoms. The van der Waals surface area contributed by atoms with Gasteiger partial charge in [0.15, 0.2) is 10.5 Å². The lowest BCUT2D eigenvalue weighted by Gasteiger charge is -2.26. The topological polar surface area (TPSA) is 372 Å². The Balaban J connectivity index is 1.09. The maximum atomic E-state index is 13.3. The number of pyridine rings is 3. The molecule has 0 spiro atoms. The highest BCUT2D eigenvalue weighted by molar-refractivity contribution is 7.87. The van der Waals surface area contributed by atoms with E-state index in [4.69, 9.17) is 15.2 Å². The second-order valence-corrected chi connectivity index (χ2v) is 31.8. The van der Waals surface area contributed by atoms with E-state index in [1.807, 2.05) is 54.7 Å². The molecule has 3 aromatic heterocycles. The van der Waals surface area contributed by atoms with Crippen LogP contribution in [0.2, 0.25) is 0 Å². The molecule has 1 fully saturated rings. The first-order chi connectivity index (χ1) is 43.3. The van der Waals surface area contributed by atoms with Gasteiger partial charge in [-0.3, -0.25) is 47.1 Å². The fourth-order valence-electron chi connectivity index (χ4n) is 9.13. The summed E-state index contributed by atoms with van der Waals surface area (Å²) in [5.41, 5.74) is 11.2. The summed E-state index contributed by atoms with van der Waals surface area (Å²) in [5, 5.41) is -0.143. The van der Waals surface area contributed by atoms with Gasteiger partial charge in [0.05, 0.1) is 30.8 Å². The Bertz CT molecular complexity index is 4230. The Morgan fingerprint density at radius 3 is 1.22 bits per heavy atom. The fourth-order valence-corrected chi connectivity index (χ4v) is 12.5. The van der Waals surface area contributed by atoms with E-state index in [2.05, 4.69) is 70.5 Å². The number of rotatable bonds is 22. The number of hydrogen-bond donors (Lipinski definition) is 8. The number of amides is 2. The number of benzene rings is 3. The van der Waals surface area contributed by atoms with Gasteiger partial charge in [0.2, 0.25) is 33.9 Å². The average molecular weight is 1360 g/mol. The summed E-state index contributed by atoms with van der Waals surface area (Å²) in [6.07, 6.45) is 0.155. The van der Waals surface area contributed by atoms with Crippen LogP contribution in [0.25, 0.3) is 0 Å². The highest BCUT2D eigenvalue weighted by Crippen LogP contribution is 2.35. The highest BCUT2D eigenvalue weighted by Gasteiger charge is 2.35. The van der Waals surface area contributed by atoms with E-state index < -0.39 is 77.7 Å². The van der Waals surface area contributed by atoms with Crippen LogP contribution in [0, 0.1) is 42.4 Å². The number of aryl methyl sites for hydroxylation is 1. The summed E-state index contributed by atoms with van der Waals surface area (Å²) in [6, 6.07) is 31.4. The number of nitrogens with two attached hydrogens (primary N) is 1. The number of ether oxygens (including phenoxy) is 2. The molecule has 488 valence electrons. The number of hydrogen-bond acceptors (Lipinski definition) is 18. The quantitative estimate of drug-likeness (QED) is 0.0209. The van der Waals surface area contributed by atoms with Crippen LogP contribution in [-0.4, -0.2) is 185 Å². The van der Waals surface area contributed by atoms with Gasteiger partial charge in [0, 0.05) is 132 Å². The highest BCUT2D eigenvalue weighted by atomic mass is 32.2. The monoisotopic (exact) mass is 1360 g/mol. The van der Waals surface area contributed by atoms with E-state index in [1.165, 1.54) is 38.2 Å². The Morgan fingerprint density at radius 2 is 0.880 bits per heavy atom. The van der Waals surface area contributed by atoms with Crippen LogP contribution in [0.1, 0.15) is 62.4 Å². The molecule has 7 rings (SSSR count). The van der Waals surface area contributed by atoms with Crippen molar-refractivity contribution in [3.05, 3.63) is 165 Å². The second kappa shape index (κ2) is 31.9. The van der Waals surface area contributed by atoms with Crippen LogP contribution in [0.3, 0.4) is 0 Å². The summed E-state index contributed by atoms with van der Waals surface area (Å²) < 4.78 is 116. The van der Waals surface area contributed by atoms with E-state index in [-0.39, 0.29) is 55.5 Å². The fraction of sp³-hybridized carbons (Fsp3) is 0.339. The molecule has 1 aliphatic rings. The smallest absolute Gasteiger partial charge is 0.278 e. The lowest BCUT2D eigenvalue weighted by Crippen LogP contribution is -2.51. The molecule has 25 nitrogen and oxygen atoms in total. The Morgan fingerprint density at radius 1 is 0.543 bits per heavy atom. The molecule has 0 radical (unpaired) electrons. The molecule has 1 aliphatic heterocycles. The van der Waals surface area contributed by atoms with Gasteiger partial charge in [-0.1, -0.05) is 53.2 Å². The normalized spacial score (nSPS) is 16.0. The van der Waals surface area contributed by atoms with Crippen molar-refractivity contribution in [1.82, 2.24) is 40.3 Å². The predicted octanol–water partition coefficient (Wildman–Crippen LogP) is 2.26. The number of aromatic nitrogens is 3. The molecule has 0 bridgehead atoms. The largest absolute Gasteiger partial charge is 0.497 e. The first kappa shape index (κ1) is 72.0. The van der Waals surface area contributed by atoms with Crippen molar-refractivity contribution < 1.29 is 73.4 Å². The molecule has 0 aliphatic carbocycles. The summed E-state index contributed by atoms with van der Waals surface area (Å²) in [7, 11) is -20.1. The second-order valence-electron chi connectivity index (χ2n) is 21.9. The van der Waals surface area contributed by atoms with Crippen molar-refractivity contribution in [2.45, 2.75) is 43.5 Å². The molecule has 2 amide bonds. The Kier molecular flexibility index (Phi) is 25.0. The van der Waals surface area contributed by atoms with Crippen molar-refractivity contribution in [2.75, 3.05) is 92.6 Å². The van der Waals surface area contributed by atoms with Crippen LogP contribution in [-0.2, 0) is 63.2 Å². The number of nitrogens with zero attached hydrogens (tertiary/aromatic N) is 6. The minimum Gasteiger partial charge on any atom is -0.497 e. The third-order valence-corrected chi connectivity index (χ3v) is 19.6.